The van der Waals surface area contributed by atoms with Gasteiger partial charge in [0.15, 0.2) is 0 Å². The van der Waals surface area contributed by atoms with Crippen molar-refractivity contribution in [3.05, 3.63) is 12.2 Å². The summed E-state index contributed by atoms with van der Waals surface area (Å²) in [6.07, 6.45) is 4.66. The van der Waals surface area contributed by atoms with Gasteiger partial charge in [-0.2, -0.15) is 0 Å². The van der Waals surface area contributed by atoms with Crippen molar-refractivity contribution in [2.45, 2.75) is 65.4 Å². The van der Waals surface area contributed by atoms with Gasteiger partial charge in [-0.05, 0) is 51.4 Å². The standard InChI is InChI=1S/C15H26O2/c1-11(2)10-14(16)17-15(5)8-6-13(7-9-15)12(3)4/h11,13H,3,6-10H2,1-2,4-5H3. The van der Waals surface area contributed by atoms with Crippen LogP contribution < -0.4 is 0 Å². The van der Waals surface area contributed by atoms with Gasteiger partial charge in [0.2, 0.25) is 0 Å². The van der Waals surface area contributed by atoms with E-state index in [1.165, 1.54) is 5.57 Å². The van der Waals surface area contributed by atoms with E-state index < -0.39 is 0 Å². The minimum absolute atomic E-state index is 0.0451. The largest absolute Gasteiger partial charge is 0.459 e. The third-order valence-electron chi connectivity index (χ3n) is 3.68. The van der Waals surface area contributed by atoms with Crippen LogP contribution in [-0.4, -0.2) is 11.6 Å². The summed E-state index contributed by atoms with van der Waals surface area (Å²) in [4.78, 5) is 11.7. The van der Waals surface area contributed by atoms with E-state index in [4.69, 9.17) is 4.74 Å². The fourth-order valence-corrected chi connectivity index (χ4v) is 2.47. The van der Waals surface area contributed by atoms with Crippen LogP contribution in [0.4, 0.5) is 0 Å². The molecule has 0 aromatic heterocycles. The van der Waals surface area contributed by atoms with E-state index in [1.807, 2.05) is 13.8 Å². The van der Waals surface area contributed by atoms with Gasteiger partial charge in [-0.1, -0.05) is 26.0 Å². The molecule has 98 valence electrons. The average molecular weight is 238 g/mol. The number of carbonyl (C=O) groups excluding carboxylic acids is 1. The highest BCUT2D eigenvalue weighted by Crippen LogP contribution is 2.37. The van der Waals surface area contributed by atoms with Crippen LogP contribution in [0.2, 0.25) is 0 Å². The number of esters is 1. The zero-order valence-corrected chi connectivity index (χ0v) is 11.7. The second-order valence-corrected chi connectivity index (χ2v) is 6.14. The molecule has 1 aliphatic rings. The van der Waals surface area contributed by atoms with Crippen molar-refractivity contribution in [1.82, 2.24) is 0 Å². The zero-order chi connectivity index (χ0) is 13.1. The van der Waals surface area contributed by atoms with Crippen LogP contribution in [0.5, 0.6) is 0 Å². The molecule has 0 atom stereocenters. The molecule has 0 heterocycles. The smallest absolute Gasteiger partial charge is 0.306 e. The molecule has 2 heteroatoms. The molecular formula is C15H26O2. The van der Waals surface area contributed by atoms with Crippen LogP contribution in [0.3, 0.4) is 0 Å². The van der Waals surface area contributed by atoms with Gasteiger partial charge in [0.1, 0.15) is 5.60 Å². The van der Waals surface area contributed by atoms with Gasteiger partial charge in [0.25, 0.3) is 0 Å². The Balaban J connectivity index is 2.44. The molecule has 2 nitrogen and oxygen atoms in total. The van der Waals surface area contributed by atoms with E-state index in [1.54, 1.807) is 0 Å². The van der Waals surface area contributed by atoms with E-state index in [2.05, 4.69) is 20.4 Å². The summed E-state index contributed by atoms with van der Waals surface area (Å²) in [5.41, 5.74) is 1.03. The van der Waals surface area contributed by atoms with Crippen molar-refractivity contribution < 1.29 is 9.53 Å². The molecule has 0 aromatic carbocycles. The summed E-state index contributed by atoms with van der Waals surface area (Å²) in [5.74, 6) is 0.945. The monoisotopic (exact) mass is 238 g/mol. The number of carbonyl (C=O) groups is 1. The summed E-state index contributed by atoms with van der Waals surface area (Å²) in [6, 6.07) is 0. The van der Waals surface area contributed by atoms with Crippen LogP contribution in [0, 0.1) is 11.8 Å². The maximum Gasteiger partial charge on any atom is 0.306 e. The quantitative estimate of drug-likeness (QED) is 0.544. The molecule has 1 rings (SSSR count). The minimum atomic E-state index is -0.238. The Bertz CT molecular complexity index is 283. The maximum atomic E-state index is 11.7. The molecule has 0 radical (unpaired) electrons. The first kappa shape index (κ1) is 14.3. The Hall–Kier alpha value is -0.790. The Labute approximate surface area is 105 Å². The van der Waals surface area contributed by atoms with E-state index in [0.29, 0.717) is 18.3 Å². The third-order valence-corrected chi connectivity index (χ3v) is 3.68. The summed E-state index contributed by atoms with van der Waals surface area (Å²) in [6.45, 7) is 12.3. The number of ether oxygens (including phenoxy) is 1. The molecule has 17 heavy (non-hydrogen) atoms. The molecule has 0 unspecified atom stereocenters. The van der Waals surface area contributed by atoms with Gasteiger partial charge in [0, 0.05) is 6.42 Å². The third kappa shape index (κ3) is 4.53. The van der Waals surface area contributed by atoms with Crippen molar-refractivity contribution in [2.24, 2.45) is 11.8 Å². The van der Waals surface area contributed by atoms with Crippen LogP contribution >= 0.6 is 0 Å². The van der Waals surface area contributed by atoms with Crippen LogP contribution in [0.25, 0.3) is 0 Å². The molecule has 0 aromatic rings. The minimum Gasteiger partial charge on any atom is -0.459 e. The molecule has 0 N–H and O–H groups in total. The molecule has 0 aliphatic heterocycles. The molecule has 1 saturated carbocycles. The first-order valence-electron chi connectivity index (χ1n) is 6.69. The van der Waals surface area contributed by atoms with Gasteiger partial charge >= 0.3 is 5.97 Å². The first-order chi connectivity index (χ1) is 7.82. The Morgan fingerprint density at radius 1 is 1.41 bits per heavy atom. The molecule has 0 spiro atoms. The number of rotatable bonds is 4. The van der Waals surface area contributed by atoms with Gasteiger partial charge in [-0.25, -0.2) is 0 Å². The van der Waals surface area contributed by atoms with Crippen LogP contribution in [0.1, 0.15) is 59.8 Å². The number of allylic oxidation sites excluding steroid dienone is 1. The summed E-state index contributed by atoms with van der Waals surface area (Å²) in [5, 5.41) is 0. The highest BCUT2D eigenvalue weighted by atomic mass is 16.6. The molecule has 1 fully saturated rings. The second-order valence-electron chi connectivity index (χ2n) is 6.14. The Morgan fingerprint density at radius 2 is 1.94 bits per heavy atom. The summed E-state index contributed by atoms with van der Waals surface area (Å²) < 4.78 is 5.65. The van der Waals surface area contributed by atoms with Crippen molar-refractivity contribution in [3.63, 3.8) is 0 Å². The first-order valence-corrected chi connectivity index (χ1v) is 6.69. The van der Waals surface area contributed by atoms with Gasteiger partial charge < -0.3 is 4.74 Å². The molecular weight excluding hydrogens is 212 g/mol. The van der Waals surface area contributed by atoms with Crippen molar-refractivity contribution in [3.8, 4) is 0 Å². The topological polar surface area (TPSA) is 26.3 Å². The molecule has 1 aliphatic carbocycles. The Kier molecular flexibility index (Phi) is 4.79. The lowest BCUT2D eigenvalue weighted by atomic mass is 9.77. The fraction of sp³-hybridized carbons (Fsp3) is 0.800. The van der Waals surface area contributed by atoms with Gasteiger partial charge in [-0.3, -0.25) is 4.79 Å². The van der Waals surface area contributed by atoms with Crippen molar-refractivity contribution >= 4 is 5.97 Å². The second kappa shape index (κ2) is 5.70. The van der Waals surface area contributed by atoms with E-state index in [-0.39, 0.29) is 11.6 Å². The lowest BCUT2D eigenvalue weighted by Gasteiger charge is -2.37. The lowest BCUT2D eigenvalue weighted by Crippen LogP contribution is -2.36. The fourth-order valence-electron chi connectivity index (χ4n) is 2.47. The van der Waals surface area contributed by atoms with Crippen molar-refractivity contribution in [2.75, 3.05) is 0 Å². The SMILES string of the molecule is C=C(C)C1CCC(C)(OC(=O)CC(C)C)CC1. The lowest BCUT2D eigenvalue weighted by molar-refractivity contribution is -0.162. The highest BCUT2D eigenvalue weighted by Gasteiger charge is 2.34. The van der Waals surface area contributed by atoms with Crippen LogP contribution in [0.15, 0.2) is 12.2 Å². The predicted molar refractivity (Wildman–Crippen MR) is 70.7 cm³/mol. The van der Waals surface area contributed by atoms with Gasteiger partial charge in [-0.15, -0.1) is 0 Å². The van der Waals surface area contributed by atoms with E-state index >= 15 is 0 Å². The predicted octanol–water partition coefficient (Wildman–Crippen LogP) is 4.10. The number of hydrogen-bond donors (Lipinski definition) is 0. The molecule has 0 bridgehead atoms. The molecule has 0 amide bonds. The van der Waals surface area contributed by atoms with E-state index in [0.717, 1.165) is 25.7 Å². The van der Waals surface area contributed by atoms with Gasteiger partial charge in [0.05, 0.1) is 0 Å². The number of hydrogen-bond acceptors (Lipinski definition) is 2. The summed E-state index contributed by atoms with van der Waals surface area (Å²) in [7, 11) is 0. The normalized spacial score (nSPS) is 29.1. The summed E-state index contributed by atoms with van der Waals surface area (Å²) >= 11 is 0. The van der Waals surface area contributed by atoms with Crippen molar-refractivity contribution in [1.29, 1.82) is 0 Å². The van der Waals surface area contributed by atoms with Crippen LogP contribution in [-0.2, 0) is 9.53 Å². The molecule has 0 saturated heterocycles. The average Bonchev–Trinajstić information content (AvgIpc) is 2.15. The highest BCUT2D eigenvalue weighted by molar-refractivity contribution is 5.70. The van der Waals surface area contributed by atoms with E-state index in [9.17, 15) is 4.79 Å². The maximum absolute atomic E-state index is 11.7. The Morgan fingerprint density at radius 3 is 2.35 bits per heavy atom. The zero-order valence-electron chi connectivity index (χ0n) is 11.7.